The van der Waals surface area contributed by atoms with E-state index >= 15 is 0 Å². The molecule has 0 radical (unpaired) electrons. The summed E-state index contributed by atoms with van der Waals surface area (Å²) in [6.07, 6.45) is 0. The average Bonchev–Trinajstić information content (AvgIpc) is 3.14. The number of benzene rings is 2. The van der Waals surface area contributed by atoms with Gasteiger partial charge in [-0.3, -0.25) is 14.9 Å². The minimum atomic E-state index is -0.531. The van der Waals surface area contributed by atoms with Gasteiger partial charge in [0.25, 0.3) is 11.6 Å². The summed E-state index contributed by atoms with van der Waals surface area (Å²) < 4.78 is 10.8. The van der Waals surface area contributed by atoms with Gasteiger partial charge in [0.2, 0.25) is 0 Å². The highest BCUT2D eigenvalue weighted by Gasteiger charge is 2.17. The molecule has 0 unspecified atom stereocenters. The van der Waals surface area contributed by atoms with Gasteiger partial charge in [-0.2, -0.15) is 0 Å². The largest absolute Gasteiger partial charge is 0.494 e. The molecular formula is C20H18N2O5. The Morgan fingerprint density at radius 3 is 2.52 bits per heavy atom. The molecule has 0 saturated carbocycles. The van der Waals surface area contributed by atoms with E-state index in [-0.39, 0.29) is 17.2 Å². The summed E-state index contributed by atoms with van der Waals surface area (Å²) in [5.74, 6) is 0.429. The Morgan fingerprint density at radius 1 is 1.07 bits per heavy atom. The maximum atomic E-state index is 12.5. The fraction of sp³-hybridized carbons (Fsp3) is 0.150. The highest BCUT2D eigenvalue weighted by atomic mass is 16.6. The van der Waals surface area contributed by atoms with Crippen LogP contribution in [0.1, 0.15) is 21.7 Å². The molecule has 0 aliphatic carbocycles. The second-order valence-corrected chi connectivity index (χ2v) is 6.06. The van der Waals surface area contributed by atoms with E-state index in [4.69, 9.17) is 9.15 Å². The van der Waals surface area contributed by atoms with Crippen molar-refractivity contribution < 1.29 is 18.9 Å². The SMILES string of the molecule is COc1cc([N+](=O)[O-])ccc1NC(=O)c1ccc(-c2ccc(C)c(C)c2)o1. The number of carbonyl (C=O) groups is 1. The average molecular weight is 366 g/mol. The molecule has 3 rings (SSSR count). The van der Waals surface area contributed by atoms with E-state index in [9.17, 15) is 14.9 Å². The number of hydrogen-bond acceptors (Lipinski definition) is 5. The maximum absolute atomic E-state index is 12.5. The number of nitrogens with zero attached hydrogens (tertiary/aromatic N) is 1. The summed E-state index contributed by atoms with van der Waals surface area (Å²) in [7, 11) is 1.37. The van der Waals surface area contributed by atoms with E-state index in [1.54, 1.807) is 12.1 Å². The lowest BCUT2D eigenvalue weighted by Gasteiger charge is -2.09. The van der Waals surface area contributed by atoms with Crippen LogP contribution in [0, 0.1) is 24.0 Å². The Morgan fingerprint density at radius 2 is 1.85 bits per heavy atom. The molecule has 0 aliphatic rings. The molecular weight excluding hydrogens is 348 g/mol. The molecule has 0 aliphatic heterocycles. The Labute approximate surface area is 155 Å². The van der Waals surface area contributed by atoms with E-state index in [0.717, 1.165) is 11.1 Å². The molecule has 1 amide bonds. The van der Waals surface area contributed by atoms with Crippen LogP contribution in [-0.2, 0) is 0 Å². The zero-order chi connectivity index (χ0) is 19.6. The summed E-state index contributed by atoms with van der Waals surface area (Å²) >= 11 is 0. The summed E-state index contributed by atoms with van der Waals surface area (Å²) in [5.41, 5.74) is 3.38. The van der Waals surface area contributed by atoms with Crippen LogP contribution in [-0.4, -0.2) is 17.9 Å². The van der Waals surface area contributed by atoms with Crippen LogP contribution < -0.4 is 10.1 Å². The van der Waals surface area contributed by atoms with Crippen molar-refractivity contribution in [2.24, 2.45) is 0 Å². The molecule has 1 heterocycles. The van der Waals surface area contributed by atoms with Crippen molar-refractivity contribution in [3.05, 3.63) is 75.5 Å². The zero-order valence-corrected chi connectivity index (χ0v) is 15.1. The number of methoxy groups -OCH3 is 1. The van der Waals surface area contributed by atoms with Crippen molar-refractivity contribution in [2.75, 3.05) is 12.4 Å². The number of nitro benzene ring substituents is 1. The lowest BCUT2D eigenvalue weighted by atomic mass is 10.1. The van der Waals surface area contributed by atoms with Gasteiger partial charge < -0.3 is 14.5 Å². The second-order valence-electron chi connectivity index (χ2n) is 6.06. The monoisotopic (exact) mass is 366 g/mol. The predicted molar refractivity (Wildman–Crippen MR) is 101 cm³/mol. The van der Waals surface area contributed by atoms with E-state index in [1.807, 2.05) is 32.0 Å². The fourth-order valence-electron chi connectivity index (χ4n) is 2.59. The van der Waals surface area contributed by atoms with Gasteiger partial charge >= 0.3 is 0 Å². The molecule has 3 aromatic rings. The van der Waals surface area contributed by atoms with Crippen LogP contribution in [0.5, 0.6) is 5.75 Å². The van der Waals surface area contributed by atoms with Crippen LogP contribution in [0.15, 0.2) is 52.9 Å². The van der Waals surface area contributed by atoms with Gasteiger partial charge in [0, 0.05) is 11.6 Å². The Bertz CT molecular complexity index is 1020. The molecule has 138 valence electrons. The van der Waals surface area contributed by atoms with Crippen LogP contribution in [0.25, 0.3) is 11.3 Å². The number of non-ortho nitro benzene ring substituents is 1. The molecule has 7 heteroatoms. The molecule has 7 nitrogen and oxygen atoms in total. The first kappa shape index (κ1) is 18.2. The first-order valence-corrected chi connectivity index (χ1v) is 8.20. The molecule has 0 fully saturated rings. The van der Waals surface area contributed by atoms with Gasteiger partial charge in [0.1, 0.15) is 11.5 Å². The van der Waals surface area contributed by atoms with E-state index in [2.05, 4.69) is 5.32 Å². The van der Waals surface area contributed by atoms with Gasteiger partial charge in [-0.05, 0) is 49.2 Å². The Kier molecular flexibility index (Phi) is 4.94. The Balaban J connectivity index is 1.82. The number of aryl methyl sites for hydroxylation is 2. The zero-order valence-electron chi connectivity index (χ0n) is 15.1. The minimum absolute atomic E-state index is 0.125. The van der Waals surface area contributed by atoms with Crippen molar-refractivity contribution >= 4 is 17.3 Å². The maximum Gasteiger partial charge on any atom is 0.291 e. The van der Waals surface area contributed by atoms with Gasteiger partial charge in [-0.15, -0.1) is 0 Å². The Hall–Kier alpha value is -3.61. The number of amides is 1. The van der Waals surface area contributed by atoms with Gasteiger partial charge in [-0.1, -0.05) is 12.1 Å². The first-order valence-electron chi connectivity index (χ1n) is 8.20. The van der Waals surface area contributed by atoms with Gasteiger partial charge in [0.05, 0.1) is 23.8 Å². The third-order valence-corrected chi connectivity index (χ3v) is 4.27. The van der Waals surface area contributed by atoms with Gasteiger partial charge in [-0.25, -0.2) is 0 Å². The normalized spacial score (nSPS) is 10.5. The number of ether oxygens (including phenoxy) is 1. The molecule has 1 aromatic heterocycles. The molecule has 0 spiro atoms. The summed E-state index contributed by atoms with van der Waals surface area (Å²) in [5, 5.41) is 13.5. The molecule has 0 atom stereocenters. The highest BCUT2D eigenvalue weighted by molar-refractivity contribution is 6.03. The molecule has 27 heavy (non-hydrogen) atoms. The summed E-state index contributed by atoms with van der Waals surface area (Å²) in [6, 6.07) is 13.2. The number of nitrogens with one attached hydrogen (secondary N) is 1. The first-order chi connectivity index (χ1) is 12.9. The van der Waals surface area contributed by atoms with Crippen molar-refractivity contribution in [3.8, 4) is 17.1 Å². The van der Waals surface area contributed by atoms with E-state index in [1.165, 1.54) is 30.9 Å². The summed E-state index contributed by atoms with van der Waals surface area (Å²) in [6.45, 7) is 4.04. The standard InChI is InChI=1S/C20H18N2O5/c1-12-4-5-14(10-13(12)2)17-8-9-18(27-17)20(23)21-16-7-6-15(22(24)25)11-19(16)26-3/h4-11H,1-3H3,(H,21,23). The lowest BCUT2D eigenvalue weighted by Crippen LogP contribution is -2.11. The smallest absolute Gasteiger partial charge is 0.291 e. The van der Waals surface area contributed by atoms with E-state index < -0.39 is 10.8 Å². The number of furan rings is 1. The minimum Gasteiger partial charge on any atom is -0.494 e. The van der Waals surface area contributed by atoms with Crippen molar-refractivity contribution in [2.45, 2.75) is 13.8 Å². The highest BCUT2D eigenvalue weighted by Crippen LogP contribution is 2.30. The van der Waals surface area contributed by atoms with Crippen molar-refractivity contribution in [1.82, 2.24) is 0 Å². The lowest BCUT2D eigenvalue weighted by molar-refractivity contribution is -0.384. The number of nitro groups is 1. The number of hydrogen-bond donors (Lipinski definition) is 1. The van der Waals surface area contributed by atoms with Crippen LogP contribution in [0.2, 0.25) is 0 Å². The number of anilines is 1. The second kappa shape index (κ2) is 7.33. The molecule has 1 N–H and O–H groups in total. The predicted octanol–water partition coefficient (Wildman–Crippen LogP) is 4.73. The molecule has 2 aromatic carbocycles. The number of rotatable bonds is 5. The third-order valence-electron chi connectivity index (χ3n) is 4.27. The third kappa shape index (κ3) is 3.82. The van der Waals surface area contributed by atoms with E-state index in [0.29, 0.717) is 11.4 Å². The molecule has 0 saturated heterocycles. The topological polar surface area (TPSA) is 94.6 Å². The molecule has 0 bridgehead atoms. The summed E-state index contributed by atoms with van der Waals surface area (Å²) in [4.78, 5) is 22.8. The van der Waals surface area contributed by atoms with Gasteiger partial charge in [0.15, 0.2) is 5.76 Å². The quantitative estimate of drug-likeness (QED) is 0.520. The number of carbonyl (C=O) groups excluding carboxylic acids is 1. The van der Waals surface area contributed by atoms with Crippen molar-refractivity contribution in [3.63, 3.8) is 0 Å². The fourth-order valence-corrected chi connectivity index (χ4v) is 2.59. The van der Waals surface area contributed by atoms with Crippen LogP contribution in [0.3, 0.4) is 0 Å². The van der Waals surface area contributed by atoms with Crippen molar-refractivity contribution in [1.29, 1.82) is 0 Å². The van der Waals surface area contributed by atoms with Crippen LogP contribution in [0.4, 0.5) is 11.4 Å². The van der Waals surface area contributed by atoms with Crippen LogP contribution >= 0.6 is 0 Å².